The first kappa shape index (κ1) is 10.7. The molecule has 1 fully saturated rings. The molecule has 1 atom stereocenters. The van der Waals surface area contributed by atoms with Crippen molar-refractivity contribution in [3.63, 3.8) is 0 Å². The van der Waals surface area contributed by atoms with Gasteiger partial charge in [-0.25, -0.2) is 0 Å². The van der Waals surface area contributed by atoms with Crippen LogP contribution in [0.15, 0.2) is 28.7 Å². The predicted molar refractivity (Wildman–Crippen MR) is 62.0 cm³/mol. The molecule has 0 amide bonds. The average molecular weight is 269 g/mol. The van der Waals surface area contributed by atoms with Crippen molar-refractivity contribution < 1.29 is 9.53 Å². The van der Waals surface area contributed by atoms with E-state index in [1.165, 1.54) is 0 Å². The van der Waals surface area contributed by atoms with Crippen LogP contribution in [0.4, 0.5) is 0 Å². The molecular formula is C12H13BrO2. The molecule has 2 nitrogen and oxygen atoms in total. The summed E-state index contributed by atoms with van der Waals surface area (Å²) >= 11 is 3.37. The fourth-order valence-electron chi connectivity index (χ4n) is 1.60. The van der Waals surface area contributed by atoms with Crippen LogP contribution in [0.1, 0.15) is 20.3 Å². The Balaban J connectivity index is 2.05. The lowest BCUT2D eigenvalue weighted by molar-refractivity contribution is -0.148. The van der Waals surface area contributed by atoms with E-state index in [1.807, 2.05) is 38.1 Å². The summed E-state index contributed by atoms with van der Waals surface area (Å²) in [5.74, 6) is 1.10. The largest absolute Gasteiger partial charge is 0.489 e. The third kappa shape index (κ3) is 1.93. The highest BCUT2D eigenvalue weighted by Crippen LogP contribution is 2.39. The van der Waals surface area contributed by atoms with Crippen LogP contribution in [0.25, 0.3) is 0 Å². The van der Waals surface area contributed by atoms with Crippen molar-refractivity contribution in [3.05, 3.63) is 28.7 Å². The van der Waals surface area contributed by atoms with Crippen molar-refractivity contribution in [3.8, 4) is 5.75 Å². The first-order valence-electron chi connectivity index (χ1n) is 4.95. The van der Waals surface area contributed by atoms with E-state index >= 15 is 0 Å². The van der Waals surface area contributed by atoms with E-state index in [2.05, 4.69) is 15.9 Å². The summed E-state index contributed by atoms with van der Waals surface area (Å²) < 4.78 is 6.78. The van der Waals surface area contributed by atoms with Crippen LogP contribution >= 0.6 is 15.9 Å². The number of benzene rings is 1. The monoisotopic (exact) mass is 268 g/mol. The van der Waals surface area contributed by atoms with Gasteiger partial charge in [-0.1, -0.05) is 15.9 Å². The third-order valence-electron chi connectivity index (χ3n) is 2.99. The number of ketones is 1. The molecule has 0 bridgehead atoms. The van der Waals surface area contributed by atoms with E-state index in [0.29, 0.717) is 6.42 Å². The summed E-state index contributed by atoms with van der Waals surface area (Å²) in [7, 11) is 0. The summed E-state index contributed by atoms with van der Waals surface area (Å²) in [5.41, 5.74) is -0.326. The predicted octanol–water partition coefficient (Wildman–Crippen LogP) is 3.20. The van der Waals surface area contributed by atoms with Gasteiger partial charge in [0.2, 0.25) is 0 Å². The zero-order valence-corrected chi connectivity index (χ0v) is 10.4. The molecule has 1 aliphatic carbocycles. The number of carbonyl (C=O) groups excluding carboxylic acids is 1. The second kappa shape index (κ2) is 3.63. The molecule has 1 aromatic carbocycles. The van der Waals surface area contributed by atoms with Crippen molar-refractivity contribution in [2.45, 2.75) is 26.4 Å². The SMILES string of the molecule is CC1(C)C(=O)CC1Oc1ccc(Br)cc1. The van der Waals surface area contributed by atoms with Crippen molar-refractivity contribution in [1.29, 1.82) is 0 Å². The Kier molecular flexibility index (Phi) is 2.59. The summed E-state index contributed by atoms with van der Waals surface area (Å²) in [6.45, 7) is 3.87. The number of hydrogen-bond donors (Lipinski definition) is 0. The highest BCUT2D eigenvalue weighted by Gasteiger charge is 2.49. The fraction of sp³-hybridized carbons (Fsp3) is 0.417. The highest BCUT2D eigenvalue weighted by atomic mass is 79.9. The molecule has 1 saturated carbocycles. The van der Waals surface area contributed by atoms with Gasteiger partial charge in [-0.2, -0.15) is 0 Å². The minimum absolute atomic E-state index is 0.0196. The Labute approximate surface area is 97.8 Å². The van der Waals surface area contributed by atoms with Gasteiger partial charge in [0.05, 0.1) is 5.41 Å². The molecule has 0 aromatic heterocycles. The summed E-state index contributed by atoms with van der Waals surface area (Å²) in [6.07, 6.45) is 0.550. The van der Waals surface area contributed by atoms with Gasteiger partial charge < -0.3 is 4.74 Å². The van der Waals surface area contributed by atoms with E-state index in [0.717, 1.165) is 10.2 Å². The normalized spacial score (nSPS) is 23.4. The molecule has 2 rings (SSSR count). The molecule has 0 saturated heterocycles. The number of rotatable bonds is 2. The van der Waals surface area contributed by atoms with Gasteiger partial charge in [-0.15, -0.1) is 0 Å². The van der Waals surface area contributed by atoms with E-state index in [9.17, 15) is 4.79 Å². The lowest BCUT2D eigenvalue weighted by Crippen LogP contribution is -2.52. The lowest BCUT2D eigenvalue weighted by Gasteiger charge is -2.41. The van der Waals surface area contributed by atoms with Gasteiger partial charge in [-0.3, -0.25) is 4.79 Å². The molecule has 0 aliphatic heterocycles. The van der Waals surface area contributed by atoms with Gasteiger partial charge in [0.1, 0.15) is 17.6 Å². The van der Waals surface area contributed by atoms with Crippen LogP contribution in [0.2, 0.25) is 0 Å². The Bertz CT molecular complexity index is 381. The van der Waals surface area contributed by atoms with Gasteiger partial charge in [-0.05, 0) is 38.1 Å². The standard InChI is InChI=1S/C12H13BrO2/c1-12(2)10(14)7-11(12)15-9-5-3-8(13)4-6-9/h3-6,11H,7H2,1-2H3. The molecule has 15 heavy (non-hydrogen) atoms. The van der Waals surface area contributed by atoms with Gasteiger partial charge in [0.15, 0.2) is 0 Å². The zero-order chi connectivity index (χ0) is 11.1. The highest BCUT2D eigenvalue weighted by molar-refractivity contribution is 9.10. The lowest BCUT2D eigenvalue weighted by atomic mass is 9.68. The van der Waals surface area contributed by atoms with Crippen LogP contribution in [0, 0.1) is 5.41 Å². The molecule has 3 heteroatoms. The summed E-state index contributed by atoms with van der Waals surface area (Å²) in [4.78, 5) is 11.3. The number of hydrogen-bond acceptors (Lipinski definition) is 2. The molecule has 0 N–H and O–H groups in total. The first-order valence-corrected chi connectivity index (χ1v) is 5.75. The van der Waals surface area contributed by atoms with Gasteiger partial charge in [0.25, 0.3) is 0 Å². The quantitative estimate of drug-likeness (QED) is 0.824. The molecule has 0 heterocycles. The van der Waals surface area contributed by atoms with Crippen LogP contribution in [-0.4, -0.2) is 11.9 Å². The minimum atomic E-state index is -0.326. The van der Waals surface area contributed by atoms with Crippen LogP contribution in [0.3, 0.4) is 0 Å². The molecule has 0 spiro atoms. The Hall–Kier alpha value is -0.830. The van der Waals surface area contributed by atoms with E-state index in [1.54, 1.807) is 0 Å². The Morgan fingerprint density at radius 3 is 2.40 bits per heavy atom. The second-order valence-corrected chi connectivity index (χ2v) is 5.33. The fourth-order valence-corrected chi connectivity index (χ4v) is 1.87. The van der Waals surface area contributed by atoms with E-state index < -0.39 is 0 Å². The average Bonchev–Trinajstić information content (AvgIpc) is 2.21. The number of carbonyl (C=O) groups is 1. The zero-order valence-electron chi connectivity index (χ0n) is 8.79. The Morgan fingerprint density at radius 2 is 1.93 bits per heavy atom. The molecule has 1 aromatic rings. The van der Waals surface area contributed by atoms with Crippen molar-refractivity contribution >= 4 is 21.7 Å². The second-order valence-electron chi connectivity index (χ2n) is 4.41. The topological polar surface area (TPSA) is 26.3 Å². The smallest absolute Gasteiger partial charge is 0.145 e. The van der Waals surface area contributed by atoms with Crippen molar-refractivity contribution in [2.24, 2.45) is 5.41 Å². The maximum atomic E-state index is 11.3. The number of ether oxygens (including phenoxy) is 1. The van der Waals surface area contributed by atoms with Crippen LogP contribution < -0.4 is 4.74 Å². The molecule has 1 aliphatic rings. The molecule has 1 unspecified atom stereocenters. The Morgan fingerprint density at radius 1 is 1.33 bits per heavy atom. The summed E-state index contributed by atoms with van der Waals surface area (Å²) in [6, 6.07) is 7.68. The first-order chi connectivity index (χ1) is 7.00. The van der Waals surface area contributed by atoms with Crippen LogP contribution in [-0.2, 0) is 4.79 Å². The molecular weight excluding hydrogens is 256 g/mol. The molecule has 80 valence electrons. The van der Waals surface area contributed by atoms with Gasteiger partial charge >= 0.3 is 0 Å². The van der Waals surface area contributed by atoms with Gasteiger partial charge in [0, 0.05) is 10.9 Å². The van der Waals surface area contributed by atoms with E-state index in [4.69, 9.17) is 4.74 Å². The third-order valence-corrected chi connectivity index (χ3v) is 3.52. The van der Waals surface area contributed by atoms with E-state index in [-0.39, 0.29) is 17.3 Å². The number of Topliss-reactive ketones (excluding diaryl/α,β-unsaturated/α-hetero) is 1. The maximum absolute atomic E-state index is 11.3. The molecule has 0 radical (unpaired) electrons. The minimum Gasteiger partial charge on any atom is -0.489 e. The summed E-state index contributed by atoms with van der Waals surface area (Å²) in [5, 5.41) is 0. The van der Waals surface area contributed by atoms with Crippen LogP contribution in [0.5, 0.6) is 5.75 Å². The van der Waals surface area contributed by atoms with Crippen molar-refractivity contribution in [2.75, 3.05) is 0 Å². The maximum Gasteiger partial charge on any atom is 0.145 e. The number of halogens is 1. The van der Waals surface area contributed by atoms with Crippen molar-refractivity contribution in [1.82, 2.24) is 0 Å².